The van der Waals surface area contributed by atoms with E-state index in [1.54, 1.807) is 12.0 Å². The van der Waals surface area contributed by atoms with E-state index in [1.807, 2.05) is 13.8 Å². The molecule has 0 aromatic rings. The summed E-state index contributed by atoms with van der Waals surface area (Å²) in [6, 6.07) is -0.0433. The largest absolute Gasteiger partial charge is 0.480 e. The van der Waals surface area contributed by atoms with Gasteiger partial charge < -0.3 is 19.6 Å². The van der Waals surface area contributed by atoms with E-state index in [2.05, 4.69) is 0 Å². The quantitative estimate of drug-likeness (QED) is 0.670. The summed E-state index contributed by atoms with van der Waals surface area (Å²) in [5.74, 6) is -0.487. The number of urea groups is 1. The van der Waals surface area contributed by atoms with Crippen LogP contribution in [0.5, 0.6) is 0 Å². The summed E-state index contributed by atoms with van der Waals surface area (Å²) in [4.78, 5) is 27.0. The van der Waals surface area contributed by atoms with Crippen LogP contribution in [0, 0.1) is 5.92 Å². The van der Waals surface area contributed by atoms with Crippen LogP contribution in [-0.2, 0) is 9.53 Å². The normalized spacial score (nSPS) is 14.3. The lowest BCUT2D eigenvalue weighted by molar-refractivity contribution is -0.137. The number of carbonyl (C=O) groups excluding carboxylic acids is 1. The van der Waals surface area contributed by atoms with E-state index in [9.17, 15) is 9.59 Å². The number of nitrogens with zero attached hydrogens (tertiary/aromatic N) is 2. The lowest BCUT2D eigenvalue weighted by Gasteiger charge is -2.35. The Bertz CT molecular complexity index is 341. The molecule has 122 valence electrons. The fourth-order valence-electron chi connectivity index (χ4n) is 2.52. The zero-order valence-corrected chi connectivity index (χ0v) is 13.4. The second kappa shape index (κ2) is 8.87. The van der Waals surface area contributed by atoms with Gasteiger partial charge in [0, 0.05) is 26.2 Å². The Hall–Kier alpha value is -1.30. The number of aliphatic carboxylic acids is 1. The van der Waals surface area contributed by atoms with Gasteiger partial charge in [0.25, 0.3) is 0 Å². The van der Waals surface area contributed by atoms with E-state index in [1.165, 1.54) is 4.90 Å². The van der Waals surface area contributed by atoms with E-state index in [-0.39, 0.29) is 18.6 Å². The Balaban J connectivity index is 2.78. The molecule has 6 nitrogen and oxygen atoms in total. The summed E-state index contributed by atoms with van der Waals surface area (Å²) < 4.78 is 5.09. The van der Waals surface area contributed by atoms with E-state index in [4.69, 9.17) is 9.84 Å². The van der Waals surface area contributed by atoms with Gasteiger partial charge in [0.2, 0.25) is 0 Å². The van der Waals surface area contributed by atoms with Crippen LogP contribution >= 0.6 is 0 Å². The predicted molar refractivity (Wildman–Crippen MR) is 80.3 cm³/mol. The molecule has 2 amide bonds. The van der Waals surface area contributed by atoms with Crippen molar-refractivity contribution in [2.45, 2.75) is 45.6 Å². The van der Waals surface area contributed by atoms with Crippen molar-refractivity contribution in [1.29, 1.82) is 0 Å². The predicted octanol–water partition coefficient (Wildman–Crippen LogP) is 2.04. The number of carbonyl (C=O) groups is 2. The molecule has 1 saturated carbocycles. The number of amides is 2. The van der Waals surface area contributed by atoms with Crippen molar-refractivity contribution in [2.24, 2.45) is 5.92 Å². The summed E-state index contributed by atoms with van der Waals surface area (Å²) in [6.45, 7) is 5.39. The molecular weight excluding hydrogens is 272 g/mol. The van der Waals surface area contributed by atoms with Gasteiger partial charge in [-0.2, -0.15) is 0 Å². The lowest BCUT2D eigenvalue weighted by atomic mass is 10.1. The highest BCUT2D eigenvalue weighted by atomic mass is 16.5. The molecular formula is C15H28N2O4. The van der Waals surface area contributed by atoms with Crippen molar-refractivity contribution in [3.05, 3.63) is 0 Å². The van der Waals surface area contributed by atoms with Gasteiger partial charge in [-0.3, -0.25) is 4.79 Å². The van der Waals surface area contributed by atoms with Crippen LogP contribution in [-0.4, -0.2) is 66.3 Å². The molecule has 0 atom stereocenters. The van der Waals surface area contributed by atoms with Crippen LogP contribution in [0.15, 0.2) is 0 Å². The topological polar surface area (TPSA) is 70.1 Å². The minimum absolute atomic E-state index is 0.128. The van der Waals surface area contributed by atoms with Crippen molar-refractivity contribution in [1.82, 2.24) is 9.80 Å². The van der Waals surface area contributed by atoms with Gasteiger partial charge in [-0.05, 0) is 31.6 Å². The first-order valence-electron chi connectivity index (χ1n) is 7.79. The number of carboxylic acids is 1. The first-order valence-corrected chi connectivity index (χ1v) is 7.79. The summed E-state index contributed by atoms with van der Waals surface area (Å²) >= 11 is 0. The van der Waals surface area contributed by atoms with Crippen LogP contribution in [0.25, 0.3) is 0 Å². The number of ether oxygens (including phenoxy) is 1. The number of methoxy groups -OCH3 is 1. The molecule has 1 fully saturated rings. The van der Waals surface area contributed by atoms with E-state index >= 15 is 0 Å². The standard InChI is InChI=1S/C15H28N2O4/c1-4-13(5-2)17(8-9-21-3)15(20)16(11-14(18)19)10-12-6-7-12/h12-13H,4-11H2,1-3H3,(H,18,19). The third-order valence-electron chi connectivity index (χ3n) is 3.94. The third kappa shape index (κ3) is 5.91. The van der Waals surface area contributed by atoms with E-state index < -0.39 is 5.97 Å². The van der Waals surface area contributed by atoms with Crippen molar-refractivity contribution < 1.29 is 19.4 Å². The molecule has 1 aliphatic rings. The molecule has 1 rings (SSSR count). The summed E-state index contributed by atoms with van der Waals surface area (Å²) in [6.07, 6.45) is 3.89. The van der Waals surface area contributed by atoms with Crippen molar-refractivity contribution in [2.75, 3.05) is 33.4 Å². The minimum Gasteiger partial charge on any atom is -0.480 e. The molecule has 0 aromatic heterocycles. The highest BCUT2D eigenvalue weighted by Crippen LogP contribution is 2.30. The fourth-order valence-corrected chi connectivity index (χ4v) is 2.52. The lowest BCUT2D eigenvalue weighted by Crippen LogP contribution is -2.51. The van der Waals surface area contributed by atoms with Crippen LogP contribution in [0.4, 0.5) is 4.79 Å². The number of hydrogen-bond acceptors (Lipinski definition) is 3. The molecule has 21 heavy (non-hydrogen) atoms. The van der Waals surface area contributed by atoms with Crippen LogP contribution < -0.4 is 0 Å². The van der Waals surface area contributed by atoms with E-state index in [0.717, 1.165) is 25.7 Å². The van der Waals surface area contributed by atoms with Crippen LogP contribution in [0.1, 0.15) is 39.5 Å². The van der Waals surface area contributed by atoms with Gasteiger partial charge in [-0.1, -0.05) is 13.8 Å². The van der Waals surface area contributed by atoms with Gasteiger partial charge in [0.05, 0.1) is 6.61 Å². The highest BCUT2D eigenvalue weighted by Gasteiger charge is 2.32. The Morgan fingerprint density at radius 2 is 1.90 bits per heavy atom. The van der Waals surface area contributed by atoms with Gasteiger partial charge in [0.1, 0.15) is 6.54 Å². The monoisotopic (exact) mass is 300 g/mol. The number of carboxylic acid groups (broad SMARTS) is 1. The average molecular weight is 300 g/mol. The molecule has 0 radical (unpaired) electrons. The average Bonchev–Trinajstić information content (AvgIpc) is 3.25. The summed E-state index contributed by atoms with van der Waals surface area (Å²) in [5.41, 5.74) is 0. The SMILES string of the molecule is CCC(CC)N(CCOC)C(=O)N(CC(=O)O)CC1CC1. The molecule has 0 unspecified atom stereocenters. The zero-order chi connectivity index (χ0) is 15.8. The van der Waals surface area contributed by atoms with Gasteiger partial charge >= 0.3 is 12.0 Å². The maximum absolute atomic E-state index is 12.7. The Morgan fingerprint density at radius 1 is 1.29 bits per heavy atom. The second-order valence-electron chi connectivity index (χ2n) is 5.66. The first kappa shape index (κ1) is 17.8. The molecule has 1 N–H and O–H groups in total. The Morgan fingerprint density at radius 3 is 2.33 bits per heavy atom. The van der Waals surface area contributed by atoms with Gasteiger partial charge in [-0.25, -0.2) is 4.79 Å². The van der Waals surface area contributed by atoms with Gasteiger partial charge in [-0.15, -0.1) is 0 Å². The Kier molecular flexibility index (Phi) is 7.50. The van der Waals surface area contributed by atoms with Crippen LogP contribution in [0.3, 0.4) is 0 Å². The molecule has 6 heteroatoms. The second-order valence-corrected chi connectivity index (χ2v) is 5.66. The van der Waals surface area contributed by atoms with Gasteiger partial charge in [0.15, 0.2) is 0 Å². The number of hydrogen-bond donors (Lipinski definition) is 1. The van der Waals surface area contributed by atoms with Crippen molar-refractivity contribution in [3.8, 4) is 0 Å². The molecule has 0 spiro atoms. The Labute approximate surface area is 127 Å². The number of rotatable bonds is 10. The molecule has 0 aromatic carbocycles. The third-order valence-corrected chi connectivity index (χ3v) is 3.94. The molecule has 0 saturated heterocycles. The van der Waals surface area contributed by atoms with Crippen molar-refractivity contribution >= 4 is 12.0 Å². The summed E-state index contributed by atoms with van der Waals surface area (Å²) in [5, 5.41) is 9.04. The first-order chi connectivity index (χ1) is 10.0. The van der Waals surface area contributed by atoms with Crippen LogP contribution in [0.2, 0.25) is 0 Å². The highest BCUT2D eigenvalue weighted by molar-refractivity contribution is 5.80. The molecule has 0 bridgehead atoms. The molecule has 0 aliphatic heterocycles. The molecule has 0 heterocycles. The molecule has 1 aliphatic carbocycles. The minimum atomic E-state index is -0.958. The van der Waals surface area contributed by atoms with E-state index in [0.29, 0.717) is 25.6 Å². The zero-order valence-electron chi connectivity index (χ0n) is 13.4. The maximum Gasteiger partial charge on any atom is 0.323 e. The fraction of sp³-hybridized carbons (Fsp3) is 0.867. The smallest absolute Gasteiger partial charge is 0.323 e. The maximum atomic E-state index is 12.7. The van der Waals surface area contributed by atoms with Crippen molar-refractivity contribution in [3.63, 3.8) is 0 Å². The summed E-state index contributed by atoms with van der Waals surface area (Å²) in [7, 11) is 1.61.